The third-order valence-electron chi connectivity index (χ3n) is 3.73. The van der Waals surface area contributed by atoms with E-state index in [9.17, 15) is 46.2 Å². The molecule has 0 bridgehead atoms. The molecule has 0 aromatic heterocycles. The number of nitro benzene ring substituents is 2. The maximum Gasteiger partial charge on any atom is 1.00 e. The minimum Gasteiger partial charge on any atom is -0.744 e. The van der Waals surface area contributed by atoms with Gasteiger partial charge in [-0.1, -0.05) is 12.1 Å². The molecule has 0 unspecified atom stereocenters. The molecule has 0 amide bonds. The maximum atomic E-state index is 11.4. The third kappa shape index (κ3) is 7.33. The Bertz CT molecular complexity index is 1090. The molecule has 30 heavy (non-hydrogen) atoms. The number of aryl methyl sites for hydroxylation is 2. The van der Waals surface area contributed by atoms with Crippen LogP contribution in [0.5, 0.6) is 0 Å². The van der Waals surface area contributed by atoms with E-state index in [-0.39, 0.29) is 83.1 Å². The monoisotopic (exact) mass is 476 g/mol. The van der Waals surface area contributed by atoms with E-state index in [1.165, 1.54) is 0 Å². The zero-order valence-corrected chi connectivity index (χ0v) is 21.3. The van der Waals surface area contributed by atoms with Crippen LogP contribution in [0.15, 0.2) is 46.2 Å². The van der Waals surface area contributed by atoms with Crippen LogP contribution in [-0.2, 0) is 33.1 Å². The number of rotatable bonds is 7. The summed E-state index contributed by atoms with van der Waals surface area (Å²) in [6.45, 7) is 0. The number of nitro groups is 2. The zero-order chi connectivity index (χ0) is 21.3. The second-order valence-corrected chi connectivity index (χ2v) is 8.20. The fourth-order valence-electron chi connectivity index (χ4n) is 2.46. The van der Waals surface area contributed by atoms with Crippen LogP contribution in [0.1, 0.15) is 11.1 Å². The number of non-ortho nitro benzene ring substituents is 2. The van der Waals surface area contributed by atoms with E-state index < -0.39 is 51.2 Å². The van der Waals surface area contributed by atoms with E-state index in [0.717, 1.165) is 24.3 Å². The molecule has 0 fully saturated rings. The molecule has 12 nitrogen and oxygen atoms in total. The summed E-state index contributed by atoms with van der Waals surface area (Å²) in [4.78, 5) is 18.0. The predicted octanol–water partition coefficient (Wildman–Crippen LogP) is -4.90. The molecule has 0 aliphatic carbocycles. The standard InChI is InChI=1S/C14H12N2O10S2.2Na/c17-15(18)11-5-3-9(13(7-11)27(21,22)23)1-2-10-4-6-12(16(19)20)8-14(10)28(24,25)26;;/h3-8H,1-2H2,(H,21,22,23)(H,24,25,26);;/q;2*+1/p-2. The molecule has 150 valence electrons. The number of benzene rings is 2. The molecule has 0 heterocycles. The number of hydrogen-bond donors (Lipinski definition) is 0. The molecule has 0 spiro atoms. The molecule has 2 aromatic carbocycles. The first-order chi connectivity index (χ1) is 12.8. The first-order valence-corrected chi connectivity index (χ1v) is 10.1. The molecule has 0 saturated heterocycles. The first-order valence-electron chi connectivity index (χ1n) is 7.27. The Hall–Kier alpha value is -0.940. The molecule has 0 N–H and O–H groups in total. The second kappa shape index (κ2) is 11.1. The summed E-state index contributed by atoms with van der Waals surface area (Å²) >= 11 is 0. The predicted molar refractivity (Wildman–Crippen MR) is 89.5 cm³/mol. The van der Waals surface area contributed by atoms with Gasteiger partial charge in [-0.15, -0.1) is 0 Å². The van der Waals surface area contributed by atoms with E-state index >= 15 is 0 Å². The van der Waals surface area contributed by atoms with Gasteiger partial charge in [-0.05, 0) is 24.0 Å². The Morgan fingerprint density at radius 3 is 1.20 bits per heavy atom. The normalized spacial score (nSPS) is 11.1. The average molecular weight is 476 g/mol. The second-order valence-electron chi connectivity index (χ2n) is 5.51. The summed E-state index contributed by atoms with van der Waals surface area (Å²) in [5.74, 6) is 0. The van der Waals surface area contributed by atoms with Gasteiger partial charge in [0.2, 0.25) is 0 Å². The van der Waals surface area contributed by atoms with Crippen LogP contribution >= 0.6 is 0 Å². The van der Waals surface area contributed by atoms with Crippen molar-refractivity contribution in [2.24, 2.45) is 0 Å². The first kappa shape index (κ1) is 29.1. The molecule has 2 rings (SSSR count). The minimum atomic E-state index is -5.07. The summed E-state index contributed by atoms with van der Waals surface area (Å²) in [7, 11) is -10.1. The molecular formula is C14H10N2Na2O10S2. The molecule has 2 aromatic rings. The fraction of sp³-hybridized carbons (Fsp3) is 0.143. The van der Waals surface area contributed by atoms with E-state index in [1.807, 2.05) is 0 Å². The van der Waals surface area contributed by atoms with Crippen molar-refractivity contribution >= 4 is 31.6 Å². The quantitative estimate of drug-likeness (QED) is 0.161. The Labute approximate surface area is 215 Å². The summed E-state index contributed by atoms with van der Waals surface area (Å²) < 4.78 is 68.3. The Morgan fingerprint density at radius 1 is 0.667 bits per heavy atom. The van der Waals surface area contributed by atoms with Gasteiger partial charge in [0.1, 0.15) is 20.2 Å². The van der Waals surface area contributed by atoms with E-state index in [0.29, 0.717) is 12.1 Å². The topological polar surface area (TPSA) is 201 Å². The van der Waals surface area contributed by atoms with Gasteiger partial charge < -0.3 is 9.11 Å². The SMILES string of the molecule is O=[N+]([O-])c1ccc(CCc2ccc([N+](=O)[O-])cc2S(=O)(=O)[O-])c(S(=O)(=O)[O-])c1.[Na+].[Na+]. The van der Waals surface area contributed by atoms with Gasteiger partial charge in [-0.25, -0.2) is 16.8 Å². The Morgan fingerprint density at radius 2 is 0.967 bits per heavy atom. The van der Waals surface area contributed by atoms with Crippen molar-refractivity contribution in [2.45, 2.75) is 22.6 Å². The third-order valence-corrected chi connectivity index (χ3v) is 5.56. The van der Waals surface area contributed by atoms with Gasteiger partial charge in [0.05, 0.1) is 19.6 Å². The molecule has 16 heteroatoms. The van der Waals surface area contributed by atoms with Crippen molar-refractivity contribution < 1.29 is 94.9 Å². The van der Waals surface area contributed by atoms with Crippen molar-refractivity contribution in [2.75, 3.05) is 0 Å². The molecule has 0 aliphatic heterocycles. The fourth-order valence-corrected chi connectivity index (χ4v) is 3.97. The average Bonchev–Trinajstić information content (AvgIpc) is 2.57. The minimum absolute atomic E-state index is 0. The van der Waals surface area contributed by atoms with Gasteiger partial charge in [0, 0.05) is 24.3 Å². The van der Waals surface area contributed by atoms with Gasteiger partial charge in [-0.3, -0.25) is 20.2 Å². The summed E-state index contributed by atoms with van der Waals surface area (Å²) in [6.07, 6.45) is -0.537. The molecule has 0 saturated carbocycles. The smallest absolute Gasteiger partial charge is 0.744 e. The molecule has 0 radical (unpaired) electrons. The van der Waals surface area contributed by atoms with Crippen LogP contribution < -0.4 is 59.1 Å². The summed E-state index contributed by atoms with van der Waals surface area (Å²) in [5, 5.41) is 21.5. The van der Waals surface area contributed by atoms with Crippen LogP contribution in [0.2, 0.25) is 0 Å². The van der Waals surface area contributed by atoms with Gasteiger partial charge in [0.15, 0.2) is 0 Å². The van der Waals surface area contributed by atoms with Crippen molar-refractivity contribution in [1.29, 1.82) is 0 Å². The van der Waals surface area contributed by atoms with E-state index in [1.54, 1.807) is 0 Å². The molecule has 0 atom stereocenters. The van der Waals surface area contributed by atoms with Crippen LogP contribution in [-0.4, -0.2) is 35.8 Å². The van der Waals surface area contributed by atoms with Crippen LogP contribution in [0, 0.1) is 20.2 Å². The van der Waals surface area contributed by atoms with Gasteiger partial charge in [0.25, 0.3) is 11.4 Å². The van der Waals surface area contributed by atoms with Gasteiger partial charge >= 0.3 is 59.1 Å². The number of hydrogen-bond acceptors (Lipinski definition) is 10. The molecule has 0 aliphatic rings. The zero-order valence-electron chi connectivity index (χ0n) is 15.7. The summed E-state index contributed by atoms with van der Waals surface area (Å²) in [6, 6.07) is 5.15. The van der Waals surface area contributed by atoms with Crippen LogP contribution in [0.3, 0.4) is 0 Å². The van der Waals surface area contributed by atoms with E-state index in [4.69, 9.17) is 0 Å². The van der Waals surface area contributed by atoms with Crippen molar-refractivity contribution in [3.63, 3.8) is 0 Å². The van der Waals surface area contributed by atoms with Crippen LogP contribution in [0.25, 0.3) is 0 Å². The Balaban J connectivity index is 0.00000420. The van der Waals surface area contributed by atoms with Gasteiger partial charge in [-0.2, -0.15) is 0 Å². The molecular weight excluding hydrogens is 466 g/mol. The Kier molecular flexibility index (Phi) is 10.7. The van der Waals surface area contributed by atoms with Crippen molar-refractivity contribution in [3.8, 4) is 0 Å². The largest absolute Gasteiger partial charge is 1.00 e. The summed E-state index contributed by atoms with van der Waals surface area (Å²) in [5.41, 5.74) is -1.52. The van der Waals surface area contributed by atoms with E-state index in [2.05, 4.69) is 0 Å². The van der Waals surface area contributed by atoms with Crippen molar-refractivity contribution in [1.82, 2.24) is 0 Å². The number of nitrogens with zero attached hydrogens (tertiary/aromatic N) is 2. The maximum absolute atomic E-state index is 11.4. The van der Waals surface area contributed by atoms with Crippen LogP contribution in [0.4, 0.5) is 11.4 Å². The van der Waals surface area contributed by atoms with Crippen molar-refractivity contribution in [3.05, 3.63) is 67.8 Å².